The van der Waals surface area contributed by atoms with Crippen molar-refractivity contribution in [2.75, 3.05) is 6.54 Å². The second-order valence-corrected chi connectivity index (χ2v) is 5.66. The van der Waals surface area contributed by atoms with Gasteiger partial charge in [-0.2, -0.15) is 0 Å². The van der Waals surface area contributed by atoms with E-state index >= 15 is 0 Å². The number of aromatic nitrogens is 3. The van der Waals surface area contributed by atoms with E-state index in [0.717, 1.165) is 34.3 Å². The lowest BCUT2D eigenvalue weighted by Crippen LogP contribution is -2.14. The van der Waals surface area contributed by atoms with Gasteiger partial charge in [0, 0.05) is 30.0 Å². The molecule has 110 valence electrons. The summed E-state index contributed by atoms with van der Waals surface area (Å²) in [6.45, 7) is 6.15. The van der Waals surface area contributed by atoms with Crippen molar-refractivity contribution in [2.24, 2.45) is 0 Å². The van der Waals surface area contributed by atoms with Gasteiger partial charge in [-0.15, -0.1) is 11.3 Å². The Morgan fingerprint density at radius 2 is 2.24 bits per heavy atom. The minimum absolute atomic E-state index is 0.457. The molecule has 3 aromatic heterocycles. The molecule has 0 atom stereocenters. The van der Waals surface area contributed by atoms with Crippen molar-refractivity contribution in [2.45, 2.75) is 27.0 Å². The fourth-order valence-corrected chi connectivity index (χ4v) is 2.82. The van der Waals surface area contributed by atoms with Crippen LogP contribution in [0.2, 0.25) is 0 Å². The lowest BCUT2D eigenvalue weighted by Gasteiger charge is -2.11. The Morgan fingerprint density at radius 3 is 3.05 bits per heavy atom. The summed E-state index contributed by atoms with van der Waals surface area (Å²) in [5.41, 5.74) is 2.87. The zero-order valence-corrected chi connectivity index (χ0v) is 13.0. The van der Waals surface area contributed by atoms with Crippen LogP contribution in [0.5, 0.6) is 5.75 Å². The molecule has 21 heavy (non-hydrogen) atoms. The number of nitrogens with one attached hydrogen (secondary N) is 1. The van der Waals surface area contributed by atoms with Gasteiger partial charge >= 0.3 is 0 Å². The smallest absolute Gasteiger partial charge is 0.193 e. The van der Waals surface area contributed by atoms with Crippen molar-refractivity contribution in [1.82, 2.24) is 19.7 Å². The highest BCUT2D eigenvalue weighted by Crippen LogP contribution is 2.19. The molecule has 0 aliphatic heterocycles. The van der Waals surface area contributed by atoms with Crippen LogP contribution in [0.4, 0.5) is 0 Å². The molecule has 3 heterocycles. The van der Waals surface area contributed by atoms with Crippen molar-refractivity contribution in [3.63, 3.8) is 0 Å². The molecular weight excluding hydrogens is 284 g/mol. The molecule has 0 saturated heterocycles. The largest absolute Gasteiger partial charge is 0.485 e. The lowest BCUT2D eigenvalue weighted by atomic mass is 10.3. The van der Waals surface area contributed by atoms with Gasteiger partial charge in [-0.3, -0.25) is 9.38 Å². The average Bonchev–Trinajstić information content (AvgIpc) is 3.05. The van der Waals surface area contributed by atoms with E-state index in [1.165, 1.54) is 0 Å². The summed E-state index contributed by atoms with van der Waals surface area (Å²) in [6.07, 6.45) is 4.00. The minimum atomic E-state index is 0.457. The van der Waals surface area contributed by atoms with Crippen molar-refractivity contribution < 1.29 is 4.74 Å². The maximum absolute atomic E-state index is 5.90. The molecular formula is C15H18N4OS. The van der Waals surface area contributed by atoms with Crippen LogP contribution in [0.25, 0.3) is 4.96 Å². The van der Waals surface area contributed by atoms with Crippen LogP contribution < -0.4 is 10.1 Å². The van der Waals surface area contributed by atoms with Crippen molar-refractivity contribution >= 4 is 16.3 Å². The molecule has 0 aromatic carbocycles. The number of aryl methyl sites for hydroxylation is 1. The maximum atomic E-state index is 5.90. The van der Waals surface area contributed by atoms with E-state index in [2.05, 4.69) is 22.2 Å². The number of pyridine rings is 1. The Balaban J connectivity index is 1.73. The van der Waals surface area contributed by atoms with Crippen LogP contribution in [0.15, 0.2) is 29.9 Å². The van der Waals surface area contributed by atoms with Crippen molar-refractivity contribution in [3.05, 3.63) is 47.0 Å². The Labute approximate surface area is 127 Å². The molecule has 0 bridgehead atoms. The third-order valence-electron chi connectivity index (χ3n) is 3.13. The predicted octanol–water partition coefficient (Wildman–Crippen LogP) is 2.79. The molecule has 0 amide bonds. The van der Waals surface area contributed by atoms with Gasteiger partial charge in [-0.1, -0.05) is 6.92 Å². The van der Waals surface area contributed by atoms with Crippen LogP contribution >= 0.6 is 11.3 Å². The highest BCUT2D eigenvalue weighted by molar-refractivity contribution is 7.15. The van der Waals surface area contributed by atoms with Crippen LogP contribution in [0.3, 0.4) is 0 Å². The van der Waals surface area contributed by atoms with Gasteiger partial charge in [0.25, 0.3) is 0 Å². The van der Waals surface area contributed by atoms with Crippen LogP contribution in [-0.2, 0) is 13.2 Å². The first-order valence-corrected chi connectivity index (χ1v) is 7.85. The molecule has 0 fully saturated rings. The Bertz CT molecular complexity index is 706. The molecule has 0 aliphatic carbocycles. The number of imidazole rings is 1. The zero-order chi connectivity index (χ0) is 14.7. The Hall–Kier alpha value is -1.92. The first kappa shape index (κ1) is 14.0. The van der Waals surface area contributed by atoms with Gasteiger partial charge in [0.05, 0.1) is 11.4 Å². The van der Waals surface area contributed by atoms with Crippen LogP contribution in [0.1, 0.15) is 24.0 Å². The van der Waals surface area contributed by atoms with E-state index in [4.69, 9.17) is 4.74 Å². The third-order valence-corrected chi connectivity index (χ3v) is 3.90. The summed E-state index contributed by atoms with van der Waals surface area (Å²) >= 11 is 1.62. The van der Waals surface area contributed by atoms with Gasteiger partial charge in [0.2, 0.25) is 0 Å². The van der Waals surface area contributed by atoms with E-state index in [-0.39, 0.29) is 0 Å². The molecule has 5 nitrogen and oxygen atoms in total. The van der Waals surface area contributed by atoms with Crippen LogP contribution in [0, 0.1) is 6.92 Å². The summed E-state index contributed by atoms with van der Waals surface area (Å²) in [5.74, 6) is 0.818. The van der Waals surface area contributed by atoms with Crippen molar-refractivity contribution in [3.8, 4) is 5.75 Å². The first-order valence-electron chi connectivity index (χ1n) is 6.97. The van der Waals surface area contributed by atoms with Gasteiger partial charge in [0.15, 0.2) is 4.96 Å². The maximum Gasteiger partial charge on any atom is 0.193 e. The quantitative estimate of drug-likeness (QED) is 0.761. The number of thiazole rings is 1. The van der Waals surface area contributed by atoms with E-state index in [1.54, 1.807) is 11.3 Å². The second-order valence-electron chi connectivity index (χ2n) is 4.79. The van der Waals surface area contributed by atoms with E-state index < -0.39 is 0 Å². The van der Waals surface area contributed by atoms with E-state index in [9.17, 15) is 0 Å². The van der Waals surface area contributed by atoms with E-state index in [0.29, 0.717) is 13.2 Å². The molecule has 0 saturated carbocycles. The normalized spacial score (nSPS) is 11.1. The number of hydrogen-bond acceptors (Lipinski definition) is 5. The summed E-state index contributed by atoms with van der Waals surface area (Å²) < 4.78 is 7.91. The van der Waals surface area contributed by atoms with Gasteiger partial charge < -0.3 is 10.1 Å². The van der Waals surface area contributed by atoms with Crippen molar-refractivity contribution in [1.29, 1.82) is 0 Å². The van der Waals surface area contributed by atoms with Crippen LogP contribution in [-0.4, -0.2) is 20.9 Å². The summed E-state index contributed by atoms with van der Waals surface area (Å²) in [4.78, 5) is 10.1. The molecule has 0 aliphatic rings. The summed E-state index contributed by atoms with van der Waals surface area (Å²) in [7, 11) is 0. The predicted molar refractivity (Wildman–Crippen MR) is 83.8 cm³/mol. The molecule has 0 spiro atoms. The molecule has 1 N–H and O–H groups in total. The Kier molecular flexibility index (Phi) is 4.17. The molecule has 0 unspecified atom stereocenters. The highest BCUT2D eigenvalue weighted by Gasteiger charge is 2.08. The van der Waals surface area contributed by atoms with Gasteiger partial charge in [-0.05, 0) is 25.6 Å². The zero-order valence-electron chi connectivity index (χ0n) is 12.2. The first-order chi connectivity index (χ1) is 10.3. The topological polar surface area (TPSA) is 51.5 Å². The molecule has 3 aromatic rings. The number of nitrogens with zero attached hydrogens (tertiary/aromatic N) is 3. The number of rotatable bonds is 6. The molecule has 3 rings (SSSR count). The fourth-order valence-electron chi connectivity index (χ4n) is 2.10. The van der Waals surface area contributed by atoms with Gasteiger partial charge in [0.1, 0.15) is 12.4 Å². The lowest BCUT2D eigenvalue weighted by molar-refractivity contribution is 0.296. The van der Waals surface area contributed by atoms with E-state index in [1.807, 2.05) is 41.2 Å². The molecule has 6 heteroatoms. The number of hydrogen-bond donors (Lipinski definition) is 1. The highest BCUT2D eigenvalue weighted by atomic mass is 32.1. The second kappa shape index (κ2) is 6.24. The Morgan fingerprint density at radius 1 is 1.33 bits per heavy atom. The summed E-state index contributed by atoms with van der Waals surface area (Å²) in [5, 5.41) is 5.31. The minimum Gasteiger partial charge on any atom is -0.485 e. The molecule has 0 radical (unpaired) electrons. The SMILES string of the molecule is CCNCc1nc(C)ccc1OCc1cn2ccsc2n1. The standard InChI is InChI=1S/C15H18N4OS/c1-3-16-8-13-14(5-4-11(2)17-13)20-10-12-9-19-6-7-21-15(19)18-12/h4-7,9,16H,3,8,10H2,1-2H3. The monoisotopic (exact) mass is 302 g/mol. The number of fused-ring (bicyclic) bond motifs is 1. The third kappa shape index (κ3) is 3.22. The number of ether oxygens (including phenoxy) is 1. The fraction of sp³-hybridized carbons (Fsp3) is 0.333. The average molecular weight is 302 g/mol. The summed E-state index contributed by atoms with van der Waals surface area (Å²) in [6, 6.07) is 3.95. The van der Waals surface area contributed by atoms with Gasteiger partial charge in [-0.25, -0.2) is 4.98 Å².